The van der Waals surface area contributed by atoms with Crippen molar-refractivity contribution in [2.45, 2.75) is 56.7 Å². The zero-order chi connectivity index (χ0) is 29.5. The van der Waals surface area contributed by atoms with E-state index in [1.54, 1.807) is 0 Å². The third-order valence-corrected chi connectivity index (χ3v) is 7.99. The van der Waals surface area contributed by atoms with Gasteiger partial charge in [0.05, 0.1) is 12.8 Å². The van der Waals surface area contributed by atoms with Crippen LogP contribution >= 0.6 is 0 Å². The van der Waals surface area contributed by atoms with E-state index in [-0.39, 0.29) is 37.5 Å². The molecule has 0 unspecified atom stereocenters. The highest BCUT2D eigenvalue weighted by atomic mass is 16.5. The number of ether oxygens (including phenoxy) is 2. The molecule has 0 heterocycles. The van der Waals surface area contributed by atoms with Gasteiger partial charge < -0.3 is 25.2 Å². The van der Waals surface area contributed by atoms with E-state index in [0.29, 0.717) is 12.8 Å². The normalized spacial score (nSPS) is 17.9. The van der Waals surface area contributed by atoms with Gasteiger partial charge in [0.15, 0.2) is 0 Å². The number of carbonyl (C=O) groups excluding carboxylic acids is 3. The van der Waals surface area contributed by atoms with Crippen LogP contribution in [0.15, 0.2) is 78.9 Å². The lowest BCUT2D eigenvalue weighted by Crippen LogP contribution is -2.51. The van der Waals surface area contributed by atoms with Crippen molar-refractivity contribution in [1.82, 2.24) is 10.6 Å². The van der Waals surface area contributed by atoms with Gasteiger partial charge in [-0.2, -0.15) is 0 Å². The van der Waals surface area contributed by atoms with Gasteiger partial charge in [-0.05, 0) is 46.6 Å². The minimum absolute atomic E-state index is 0.0300. The average Bonchev–Trinajstić information content (AvgIpc) is 3.56. The number of aliphatic carboxylic acids is 1. The lowest BCUT2D eigenvalue weighted by molar-refractivity contribution is -0.147. The predicted molar refractivity (Wildman–Crippen MR) is 154 cm³/mol. The summed E-state index contributed by atoms with van der Waals surface area (Å²) in [4.78, 5) is 50.3. The van der Waals surface area contributed by atoms with Crippen molar-refractivity contribution in [2.24, 2.45) is 5.92 Å². The first-order valence-electron chi connectivity index (χ1n) is 14.2. The summed E-state index contributed by atoms with van der Waals surface area (Å²) in [5, 5.41) is 14.7. The van der Waals surface area contributed by atoms with Crippen LogP contribution in [0.4, 0.5) is 4.79 Å². The number of nitrogens with one attached hydrogen (secondary N) is 2. The van der Waals surface area contributed by atoms with Gasteiger partial charge in [-0.15, -0.1) is 0 Å². The molecule has 3 aromatic carbocycles. The maximum absolute atomic E-state index is 13.3. The first-order chi connectivity index (χ1) is 20.4. The van der Waals surface area contributed by atoms with Crippen molar-refractivity contribution in [3.8, 4) is 11.1 Å². The van der Waals surface area contributed by atoms with Crippen LogP contribution in [0.3, 0.4) is 0 Å². The fraction of sp³-hybridized carbons (Fsp3) is 0.333. The van der Waals surface area contributed by atoms with E-state index in [2.05, 4.69) is 10.6 Å². The molecule has 1 saturated carbocycles. The predicted octanol–water partition coefficient (Wildman–Crippen LogP) is 4.79. The van der Waals surface area contributed by atoms with E-state index in [9.17, 15) is 24.3 Å². The number of rotatable bonds is 11. The Balaban J connectivity index is 1.24. The van der Waals surface area contributed by atoms with E-state index in [0.717, 1.165) is 34.2 Å². The third kappa shape index (κ3) is 6.97. The molecule has 3 N–H and O–H groups in total. The molecule has 0 radical (unpaired) electrons. The number of alkyl carbamates (subject to hydrolysis) is 1. The van der Waals surface area contributed by atoms with Gasteiger partial charge in [-0.3, -0.25) is 14.4 Å². The summed E-state index contributed by atoms with van der Waals surface area (Å²) < 4.78 is 11.0. The summed E-state index contributed by atoms with van der Waals surface area (Å²) in [7, 11) is 0. The number of hydrogen-bond donors (Lipinski definition) is 3. The maximum Gasteiger partial charge on any atom is 0.407 e. The van der Waals surface area contributed by atoms with E-state index in [4.69, 9.17) is 9.47 Å². The molecule has 42 heavy (non-hydrogen) atoms. The second kappa shape index (κ2) is 13.3. The molecule has 0 aromatic heterocycles. The summed E-state index contributed by atoms with van der Waals surface area (Å²) in [6.07, 6.45) is 0.794. The molecule has 3 aromatic rings. The van der Waals surface area contributed by atoms with Gasteiger partial charge in [0.25, 0.3) is 0 Å². The number of hydrogen-bond acceptors (Lipinski definition) is 6. The number of benzene rings is 3. The van der Waals surface area contributed by atoms with Crippen LogP contribution in [0.5, 0.6) is 0 Å². The molecule has 3 atom stereocenters. The molecule has 0 bridgehead atoms. The molecule has 5 rings (SSSR count). The summed E-state index contributed by atoms with van der Waals surface area (Å²) in [6, 6.07) is 23.4. The number of amides is 2. The van der Waals surface area contributed by atoms with E-state index < -0.39 is 36.4 Å². The maximum atomic E-state index is 13.3. The third-order valence-electron chi connectivity index (χ3n) is 7.99. The van der Waals surface area contributed by atoms with Gasteiger partial charge >= 0.3 is 18.0 Å². The van der Waals surface area contributed by atoms with Crippen molar-refractivity contribution in [2.75, 3.05) is 6.61 Å². The first kappa shape index (κ1) is 28.9. The smallest absolute Gasteiger partial charge is 0.407 e. The van der Waals surface area contributed by atoms with Crippen molar-refractivity contribution in [1.29, 1.82) is 0 Å². The highest BCUT2D eigenvalue weighted by Gasteiger charge is 2.34. The summed E-state index contributed by atoms with van der Waals surface area (Å²) in [6.45, 7) is 0.0816. The van der Waals surface area contributed by atoms with Crippen molar-refractivity contribution in [3.05, 3.63) is 95.6 Å². The Bertz CT molecular complexity index is 1400. The fourth-order valence-electron chi connectivity index (χ4n) is 5.93. The Morgan fingerprint density at radius 2 is 1.48 bits per heavy atom. The Hall–Kier alpha value is -4.66. The Morgan fingerprint density at radius 3 is 2.14 bits per heavy atom. The van der Waals surface area contributed by atoms with E-state index in [1.807, 2.05) is 78.9 Å². The number of fused-ring (bicyclic) bond motifs is 3. The highest BCUT2D eigenvalue weighted by Crippen LogP contribution is 2.44. The van der Waals surface area contributed by atoms with Crippen LogP contribution in [0.25, 0.3) is 11.1 Å². The summed E-state index contributed by atoms with van der Waals surface area (Å²) >= 11 is 0. The lowest BCUT2D eigenvalue weighted by atomic mass is 9.98. The Morgan fingerprint density at radius 1 is 0.833 bits per heavy atom. The molecule has 0 saturated heterocycles. The zero-order valence-electron chi connectivity index (χ0n) is 23.2. The van der Waals surface area contributed by atoms with Crippen LogP contribution in [0.2, 0.25) is 0 Å². The molecular formula is C33H34N2O7. The molecule has 0 spiro atoms. The van der Waals surface area contributed by atoms with Crippen molar-refractivity contribution < 1.29 is 33.8 Å². The molecule has 0 aliphatic heterocycles. The minimum Gasteiger partial charge on any atom is -0.481 e. The average molecular weight is 571 g/mol. The van der Waals surface area contributed by atoms with Crippen LogP contribution < -0.4 is 10.6 Å². The van der Waals surface area contributed by atoms with Gasteiger partial charge in [0.2, 0.25) is 5.91 Å². The van der Waals surface area contributed by atoms with E-state index >= 15 is 0 Å². The largest absolute Gasteiger partial charge is 0.481 e. The Labute approximate surface area is 244 Å². The summed E-state index contributed by atoms with van der Waals surface area (Å²) in [5.74, 6) is -2.55. The monoisotopic (exact) mass is 570 g/mol. The molecule has 2 amide bonds. The molecule has 9 heteroatoms. The van der Waals surface area contributed by atoms with Crippen LogP contribution in [0, 0.1) is 5.92 Å². The van der Waals surface area contributed by atoms with E-state index in [1.165, 1.54) is 0 Å². The van der Waals surface area contributed by atoms with Crippen molar-refractivity contribution in [3.63, 3.8) is 0 Å². The van der Waals surface area contributed by atoms with Gasteiger partial charge in [0.1, 0.15) is 19.3 Å². The van der Waals surface area contributed by atoms with Crippen molar-refractivity contribution >= 4 is 23.9 Å². The lowest BCUT2D eigenvalue weighted by Gasteiger charge is -2.24. The summed E-state index contributed by atoms with van der Waals surface area (Å²) in [5.41, 5.74) is 5.08. The zero-order valence-corrected chi connectivity index (χ0v) is 23.2. The number of carbonyl (C=O) groups is 4. The molecule has 9 nitrogen and oxygen atoms in total. The van der Waals surface area contributed by atoms with Gasteiger partial charge in [0, 0.05) is 12.0 Å². The second-order valence-electron chi connectivity index (χ2n) is 10.8. The highest BCUT2D eigenvalue weighted by molar-refractivity contribution is 5.90. The molecule has 2 aliphatic carbocycles. The quantitative estimate of drug-likeness (QED) is 0.283. The van der Waals surface area contributed by atoms with Gasteiger partial charge in [-0.1, -0.05) is 85.3 Å². The number of carboxylic acids is 1. The first-order valence-corrected chi connectivity index (χ1v) is 14.2. The standard InChI is InChI=1S/C33H34N2O7/c36-30(37)17-22-11-8-16-28(22)34-32(39)29(18-31(38)41-19-21-9-2-1-3-10-21)35-33(40)42-20-27-25-14-6-4-12-23(25)24-13-5-7-15-26(24)27/h1-7,9-10,12-15,22,27-29H,8,11,16-20H2,(H,34,39)(H,35,40)(H,36,37)/t22-,28+,29-/m0/s1. The SMILES string of the molecule is O=C(O)C[C@@H]1CCC[C@H]1NC(=O)[C@H](CC(=O)OCc1ccccc1)NC(=O)OCC1c2ccccc2-c2ccccc21. The van der Waals surface area contributed by atoms with Crippen LogP contribution in [-0.2, 0) is 30.5 Å². The second-order valence-corrected chi connectivity index (χ2v) is 10.8. The van der Waals surface area contributed by atoms with Gasteiger partial charge in [-0.25, -0.2) is 4.79 Å². The van der Waals surface area contributed by atoms with Crippen LogP contribution in [-0.4, -0.2) is 47.7 Å². The molecule has 1 fully saturated rings. The minimum atomic E-state index is -1.25. The number of esters is 1. The molecule has 2 aliphatic rings. The molecule has 218 valence electrons. The number of carboxylic acid groups (broad SMARTS) is 1. The molecular weight excluding hydrogens is 536 g/mol. The van der Waals surface area contributed by atoms with Crippen LogP contribution in [0.1, 0.15) is 54.7 Å². The topological polar surface area (TPSA) is 131 Å². The Kier molecular flexibility index (Phi) is 9.16. The fourth-order valence-corrected chi connectivity index (χ4v) is 5.93.